The van der Waals surface area contributed by atoms with E-state index in [-0.39, 0.29) is 30.3 Å². The Labute approximate surface area is 281 Å². The van der Waals surface area contributed by atoms with E-state index in [0.717, 1.165) is 16.7 Å². The van der Waals surface area contributed by atoms with Crippen molar-refractivity contribution in [1.29, 1.82) is 0 Å². The van der Waals surface area contributed by atoms with Gasteiger partial charge >= 0.3 is 0 Å². The molecule has 0 radical (unpaired) electrons. The molecule has 252 valence electrons. The SMILES string of the molecule is [CH2+]C(C)C(=O)Nc1nc2c(ncn2[C@@H]2O[C@@]3(COC(c4ccccc4)(c4ccc(OC)cc4)c4ccc(OC)cc4)CO[C@@H]2[C@@H]3O)c(=O)[nH]1. The van der Waals surface area contributed by atoms with Gasteiger partial charge in [0.2, 0.25) is 5.95 Å². The second-order valence-corrected chi connectivity index (χ2v) is 12.2. The van der Waals surface area contributed by atoms with E-state index in [9.17, 15) is 14.7 Å². The van der Waals surface area contributed by atoms with Gasteiger partial charge in [-0.15, -0.1) is 0 Å². The monoisotopic (exact) mass is 666 g/mol. The van der Waals surface area contributed by atoms with Crippen LogP contribution in [0.5, 0.6) is 11.5 Å². The van der Waals surface area contributed by atoms with Crippen LogP contribution in [-0.2, 0) is 24.6 Å². The Balaban J connectivity index is 1.27. The van der Waals surface area contributed by atoms with Gasteiger partial charge in [0.15, 0.2) is 23.3 Å². The number of aliphatic hydroxyl groups excluding tert-OH is 1. The van der Waals surface area contributed by atoms with Gasteiger partial charge in [-0.05, 0) is 47.9 Å². The average molecular weight is 667 g/mol. The van der Waals surface area contributed by atoms with Gasteiger partial charge in [0.25, 0.3) is 11.5 Å². The van der Waals surface area contributed by atoms with Crippen LogP contribution in [0.1, 0.15) is 29.8 Å². The lowest BCUT2D eigenvalue weighted by atomic mass is 9.79. The first-order chi connectivity index (χ1) is 23.7. The van der Waals surface area contributed by atoms with Gasteiger partial charge in [0.05, 0.1) is 40.7 Å². The number of benzene rings is 3. The van der Waals surface area contributed by atoms with Gasteiger partial charge in [-0.2, -0.15) is 4.98 Å². The maximum atomic E-state index is 12.9. The normalized spacial score (nSPS) is 22.2. The smallest absolute Gasteiger partial charge is 0.280 e. The van der Waals surface area contributed by atoms with E-state index in [1.807, 2.05) is 78.9 Å². The molecule has 5 aromatic rings. The molecule has 13 heteroatoms. The highest BCUT2D eigenvalue weighted by atomic mass is 16.7. The van der Waals surface area contributed by atoms with E-state index in [2.05, 4.69) is 27.2 Å². The predicted octanol–water partition coefficient (Wildman–Crippen LogP) is 3.58. The van der Waals surface area contributed by atoms with Crippen LogP contribution in [0.4, 0.5) is 5.95 Å². The summed E-state index contributed by atoms with van der Waals surface area (Å²) in [5.74, 6) is 0.311. The van der Waals surface area contributed by atoms with Gasteiger partial charge in [-0.3, -0.25) is 24.5 Å². The van der Waals surface area contributed by atoms with Crippen molar-refractivity contribution in [2.45, 2.75) is 36.6 Å². The molecule has 4 heterocycles. The van der Waals surface area contributed by atoms with Crippen LogP contribution in [-0.4, -0.2) is 75.8 Å². The summed E-state index contributed by atoms with van der Waals surface area (Å²) in [6.07, 6.45) is -1.44. The van der Waals surface area contributed by atoms with Crippen LogP contribution in [0.25, 0.3) is 11.2 Å². The number of anilines is 1. The fraction of sp³-hybridized carbons (Fsp3) is 0.306. The lowest BCUT2D eigenvalue weighted by Gasteiger charge is -2.39. The number of carbonyl (C=O) groups is 1. The lowest BCUT2D eigenvalue weighted by molar-refractivity contribution is -0.202. The topological polar surface area (TPSA) is 159 Å². The number of fused-ring (bicyclic) bond motifs is 3. The lowest BCUT2D eigenvalue weighted by Crippen LogP contribution is -2.48. The van der Waals surface area contributed by atoms with Crippen molar-refractivity contribution in [2.24, 2.45) is 5.92 Å². The Morgan fingerprint density at radius 3 is 2.27 bits per heavy atom. The fourth-order valence-electron chi connectivity index (χ4n) is 6.45. The standard InChI is InChI=1S/C36H35N5O8/c1-21(2)31(43)39-34-38-30-27(32(44)40-34)37-20-41(30)33-28-29(42)35(49-33,18-47-28)19-48-36(22-8-6-5-7-9-22,23-10-14-25(45-3)15-11-23)24-12-16-26(46-4)17-13-24/h5-17,20-21,28-29,33,42H,1,18-19H2,2-4H3,(H-,38,39,40,43,44)/p+1/t21?,28-,29+,33-,35-/m1/s1. The van der Waals surface area contributed by atoms with Crippen LogP contribution >= 0.6 is 0 Å². The predicted molar refractivity (Wildman–Crippen MR) is 178 cm³/mol. The number of amides is 1. The zero-order valence-corrected chi connectivity index (χ0v) is 27.2. The summed E-state index contributed by atoms with van der Waals surface area (Å²) >= 11 is 0. The average Bonchev–Trinajstić information content (AvgIpc) is 3.78. The van der Waals surface area contributed by atoms with Crippen molar-refractivity contribution in [3.63, 3.8) is 0 Å². The van der Waals surface area contributed by atoms with E-state index in [1.54, 1.807) is 21.1 Å². The zero-order chi connectivity index (χ0) is 34.3. The van der Waals surface area contributed by atoms with Gasteiger partial charge in [-0.1, -0.05) is 54.6 Å². The Morgan fingerprint density at radius 1 is 1.06 bits per heavy atom. The maximum absolute atomic E-state index is 12.9. The summed E-state index contributed by atoms with van der Waals surface area (Å²) in [5, 5.41) is 14.3. The quantitative estimate of drug-likeness (QED) is 0.141. The number of hydrogen-bond donors (Lipinski definition) is 3. The minimum atomic E-state index is -1.30. The maximum Gasteiger partial charge on any atom is 0.280 e. The van der Waals surface area contributed by atoms with Gasteiger partial charge < -0.3 is 28.8 Å². The number of aromatic nitrogens is 4. The van der Waals surface area contributed by atoms with Crippen LogP contribution in [0.15, 0.2) is 90.0 Å². The third kappa shape index (κ3) is 5.50. The van der Waals surface area contributed by atoms with E-state index >= 15 is 0 Å². The summed E-state index contributed by atoms with van der Waals surface area (Å²) in [5.41, 5.74) is -0.355. The van der Waals surface area contributed by atoms with E-state index in [4.69, 9.17) is 23.7 Å². The van der Waals surface area contributed by atoms with Crippen LogP contribution < -0.4 is 20.3 Å². The number of nitrogens with one attached hydrogen (secondary N) is 2. The van der Waals surface area contributed by atoms with Crippen molar-refractivity contribution in [3.8, 4) is 11.5 Å². The molecule has 2 aliphatic heterocycles. The first-order valence-electron chi connectivity index (χ1n) is 15.8. The summed E-state index contributed by atoms with van der Waals surface area (Å²) in [6.45, 7) is 5.29. The molecule has 0 aliphatic carbocycles. The molecule has 7 rings (SSSR count). The van der Waals surface area contributed by atoms with Crippen molar-refractivity contribution in [1.82, 2.24) is 19.5 Å². The number of imidazole rings is 1. The molecule has 5 atom stereocenters. The number of aromatic amines is 1. The van der Waals surface area contributed by atoms with Gasteiger partial charge in [0.1, 0.15) is 34.9 Å². The number of methoxy groups -OCH3 is 2. The Morgan fingerprint density at radius 2 is 1.67 bits per heavy atom. The molecule has 2 bridgehead atoms. The number of nitrogens with zero attached hydrogens (tertiary/aromatic N) is 3. The minimum absolute atomic E-state index is 0.0361. The summed E-state index contributed by atoms with van der Waals surface area (Å²) in [4.78, 5) is 36.4. The van der Waals surface area contributed by atoms with Crippen molar-refractivity contribution in [2.75, 3.05) is 32.8 Å². The number of aliphatic hydroxyl groups is 1. The Kier molecular flexibility index (Phi) is 8.36. The highest BCUT2D eigenvalue weighted by Gasteiger charge is 2.63. The molecule has 2 fully saturated rings. The van der Waals surface area contributed by atoms with E-state index in [0.29, 0.717) is 11.5 Å². The zero-order valence-electron chi connectivity index (χ0n) is 27.2. The van der Waals surface area contributed by atoms with Crippen molar-refractivity contribution in [3.05, 3.63) is 119 Å². The van der Waals surface area contributed by atoms with E-state index < -0.39 is 47.0 Å². The molecule has 49 heavy (non-hydrogen) atoms. The van der Waals surface area contributed by atoms with Crippen LogP contribution in [0, 0.1) is 12.8 Å². The number of carbonyl (C=O) groups excluding carboxylic acids is 1. The highest BCUT2D eigenvalue weighted by molar-refractivity contribution is 5.91. The molecule has 2 aromatic heterocycles. The fourth-order valence-corrected chi connectivity index (χ4v) is 6.45. The third-order valence-electron chi connectivity index (χ3n) is 9.11. The van der Waals surface area contributed by atoms with E-state index in [1.165, 1.54) is 10.9 Å². The second kappa shape index (κ2) is 12.7. The first-order valence-corrected chi connectivity index (χ1v) is 15.8. The second-order valence-electron chi connectivity index (χ2n) is 12.2. The van der Waals surface area contributed by atoms with Crippen molar-refractivity contribution >= 4 is 23.0 Å². The number of ether oxygens (including phenoxy) is 5. The molecule has 2 aliphatic rings. The van der Waals surface area contributed by atoms with Gasteiger partial charge in [-0.25, -0.2) is 4.98 Å². The minimum Gasteiger partial charge on any atom is -0.497 e. The number of H-pyrrole nitrogens is 1. The molecule has 13 nitrogen and oxygen atoms in total. The largest absolute Gasteiger partial charge is 0.497 e. The molecular formula is C36H36N5O8+. The summed E-state index contributed by atoms with van der Waals surface area (Å²) < 4.78 is 32.3. The number of rotatable bonds is 11. The highest BCUT2D eigenvalue weighted by Crippen LogP contribution is 2.48. The number of hydrogen-bond acceptors (Lipinski definition) is 10. The van der Waals surface area contributed by atoms with Gasteiger partial charge in [0, 0.05) is 0 Å². The first kappa shape index (κ1) is 32.3. The molecule has 3 N–H and O–H groups in total. The molecule has 0 saturated carbocycles. The Bertz CT molecular complexity index is 1960. The molecule has 3 aromatic carbocycles. The van der Waals surface area contributed by atoms with Crippen molar-refractivity contribution < 1.29 is 33.6 Å². The summed E-state index contributed by atoms with van der Waals surface area (Å²) in [6, 6.07) is 25.1. The molecular weight excluding hydrogens is 630 g/mol. The van der Waals surface area contributed by atoms with Crippen LogP contribution in [0.2, 0.25) is 0 Å². The molecule has 0 spiro atoms. The molecule has 1 unspecified atom stereocenters. The molecule has 1 amide bonds. The van der Waals surface area contributed by atoms with Crippen LogP contribution in [0.3, 0.4) is 0 Å². The Hall–Kier alpha value is -5.21. The summed E-state index contributed by atoms with van der Waals surface area (Å²) in [7, 11) is 3.22. The molecule has 2 saturated heterocycles. The third-order valence-corrected chi connectivity index (χ3v) is 9.11.